The fraction of sp³-hybridized carbons (Fsp3) is 0.571. The highest BCUT2D eigenvalue weighted by molar-refractivity contribution is 9.10. The van der Waals surface area contributed by atoms with Crippen LogP contribution in [-0.2, 0) is 4.74 Å². The van der Waals surface area contributed by atoms with Crippen LogP contribution in [0, 0.1) is 5.82 Å². The van der Waals surface area contributed by atoms with E-state index in [4.69, 9.17) is 4.74 Å². The van der Waals surface area contributed by atoms with Crippen molar-refractivity contribution in [2.45, 2.75) is 44.3 Å². The third kappa shape index (κ3) is 3.53. The maximum absolute atomic E-state index is 13.7. The minimum absolute atomic E-state index is 0.338. The molecule has 1 fully saturated rings. The monoisotopic (exact) mass is 316 g/mol. The highest BCUT2D eigenvalue weighted by atomic mass is 79.9. The standard InChI is InChI=1S/C14H18BrFO2/c15-12-7-2-6-11(14(12)16)13(17)8-1-4-10-5-3-9-18-10/h2,6-7,10,13,17H,1,3-5,8-9H2. The van der Waals surface area contributed by atoms with Crippen LogP contribution in [0.4, 0.5) is 4.39 Å². The van der Waals surface area contributed by atoms with Crippen molar-refractivity contribution >= 4 is 15.9 Å². The molecule has 2 nitrogen and oxygen atoms in total. The number of hydrogen-bond acceptors (Lipinski definition) is 2. The second-order valence-electron chi connectivity index (χ2n) is 4.72. The van der Waals surface area contributed by atoms with Crippen LogP contribution in [0.2, 0.25) is 0 Å². The van der Waals surface area contributed by atoms with Crippen LogP contribution in [0.15, 0.2) is 22.7 Å². The Kier molecular flexibility index (Phi) is 5.15. The fourth-order valence-corrected chi connectivity index (χ4v) is 2.73. The SMILES string of the molecule is OC(CCCC1CCCO1)c1cccc(Br)c1F. The van der Waals surface area contributed by atoms with E-state index in [1.54, 1.807) is 18.2 Å². The Morgan fingerprint density at radius 1 is 1.50 bits per heavy atom. The third-order valence-corrected chi connectivity index (χ3v) is 3.98. The topological polar surface area (TPSA) is 29.5 Å². The van der Waals surface area contributed by atoms with Gasteiger partial charge in [-0.1, -0.05) is 12.1 Å². The maximum Gasteiger partial charge on any atom is 0.143 e. The van der Waals surface area contributed by atoms with Crippen molar-refractivity contribution in [3.8, 4) is 0 Å². The van der Waals surface area contributed by atoms with Crippen molar-refractivity contribution < 1.29 is 14.2 Å². The summed E-state index contributed by atoms with van der Waals surface area (Å²) >= 11 is 3.13. The molecular weight excluding hydrogens is 299 g/mol. The average Bonchev–Trinajstić information content (AvgIpc) is 2.85. The molecule has 100 valence electrons. The quantitative estimate of drug-likeness (QED) is 0.890. The first kappa shape index (κ1) is 14.0. The van der Waals surface area contributed by atoms with Crippen molar-refractivity contribution in [2.75, 3.05) is 6.61 Å². The second kappa shape index (κ2) is 6.64. The van der Waals surface area contributed by atoms with E-state index in [2.05, 4.69) is 15.9 Å². The molecule has 2 rings (SSSR count). The van der Waals surface area contributed by atoms with Crippen LogP contribution in [0.5, 0.6) is 0 Å². The lowest BCUT2D eigenvalue weighted by Gasteiger charge is -2.14. The highest BCUT2D eigenvalue weighted by Crippen LogP contribution is 2.27. The molecule has 1 saturated heterocycles. The van der Waals surface area contributed by atoms with E-state index in [1.165, 1.54) is 0 Å². The van der Waals surface area contributed by atoms with Crippen molar-refractivity contribution in [1.82, 2.24) is 0 Å². The molecule has 1 aromatic carbocycles. The zero-order valence-electron chi connectivity index (χ0n) is 10.2. The maximum atomic E-state index is 13.7. The molecule has 0 aliphatic carbocycles. The number of benzene rings is 1. The largest absolute Gasteiger partial charge is 0.388 e. The number of rotatable bonds is 5. The van der Waals surface area contributed by atoms with Gasteiger partial charge in [-0.05, 0) is 54.1 Å². The summed E-state index contributed by atoms with van der Waals surface area (Å²) in [6.07, 6.45) is 4.24. The number of halogens is 2. The zero-order chi connectivity index (χ0) is 13.0. The van der Waals surface area contributed by atoms with E-state index in [0.717, 1.165) is 32.3 Å². The molecule has 1 heterocycles. The van der Waals surface area contributed by atoms with Gasteiger partial charge in [-0.25, -0.2) is 4.39 Å². The zero-order valence-corrected chi connectivity index (χ0v) is 11.8. The fourth-order valence-electron chi connectivity index (χ4n) is 2.34. The van der Waals surface area contributed by atoms with Gasteiger partial charge in [-0.15, -0.1) is 0 Å². The molecule has 2 atom stereocenters. The third-order valence-electron chi connectivity index (χ3n) is 3.37. The van der Waals surface area contributed by atoms with Gasteiger partial charge in [0.05, 0.1) is 16.7 Å². The molecule has 0 amide bonds. The van der Waals surface area contributed by atoms with Gasteiger partial charge in [0, 0.05) is 12.2 Å². The molecule has 1 aromatic rings. The summed E-state index contributed by atoms with van der Waals surface area (Å²) in [5.74, 6) is -0.359. The van der Waals surface area contributed by atoms with Crippen molar-refractivity contribution in [1.29, 1.82) is 0 Å². The lowest BCUT2D eigenvalue weighted by atomic mass is 10.0. The molecule has 2 unspecified atom stereocenters. The molecule has 1 aliphatic heterocycles. The van der Waals surface area contributed by atoms with Crippen molar-refractivity contribution in [3.63, 3.8) is 0 Å². The van der Waals surface area contributed by atoms with Gasteiger partial charge in [-0.3, -0.25) is 0 Å². The van der Waals surface area contributed by atoms with Gasteiger partial charge in [0.15, 0.2) is 0 Å². The Hall–Kier alpha value is -0.450. The van der Waals surface area contributed by atoms with Crippen LogP contribution < -0.4 is 0 Å². The lowest BCUT2D eigenvalue weighted by molar-refractivity contribution is 0.0940. The summed E-state index contributed by atoms with van der Waals surface area (Å²) in [7, 11) is 0. The molecule has 4 heteroatoms. The first-order valence-corrected chi connectivity index (χ1v) is 7.21. The molecule has 0 spiro atoms. The van der Waals surface area contributed by atoms with Crippen LogP contribution in [0.1, 0.15) is 43.8 Å². The van der Waals surface area contributed by atoms with Crippen molar-refractivity contribution in [2.24, 2.45) is 0 Å². The van der Waals surface area contributed by atoms with Gasteiger partial charge >= 0.3 is 0 Å². The van der Waals surface area contributed by atoms with Crippen molar-refractivity contribution in [3.05, 3.63) is 34.1 Å². The summed E-state index contributed by atoms with van der Waals surface area (Å²) in [6.45, 7) is 0.855. The van der Waals surface area contributed by atoms with E-state index in [9.17, 15) is 9.50 Å². The molecule has 0 aromatic heterocycles. The minimum atomic E-state index is -0.732. The molecular formula is C14H18BrFO2. The van der Waals surface area contributed by atoms with Gasteiger partial charge in [0.2, 0.25) is 0 Å². The Morgan fingerprint density at radius 2 is 2.33 bits per heavy atom. The van der Waals surface area contributed by atoms with Gasteiger partial charge in [-0.2, -0.15) is 0 Å². The lowest BCUT2D eigenvalue weighted by Crippen LogP contribution is -2.07. The van der Waals surface area contributed by atoms with E-state index in [1.807, 2.05) is 0 Å². The van der Waals surface area contributed by atoms with Gasteiger partial charge in [0.1, 0.15) is 5.82 Å². The molecule has 18 heavy (non-hydrogen) atoms. The van der Waals surface area contributed by atoms with Crippen LogP contribution >= 0.6 is 15.9 Å². The minimum Gasteiger partial charge on any atom is -0.388 e. The molecule has 0 saturated carbocycles. The predicted molar refractivity (Wildman–Crippen MR) is 71.9 cm³/mol. The van der Waals surface area contributed by atoms with E-state index in [0.29, 0.717) is 22.6 Å². The number of ether oxygens (including phenoxy) is 1. The summed E-state index contributed by atoms with van der Waals surface area (Å²) in [4.78, 5) is 0. The highest BCUT2D eigenvalue weighted by Gasteiger charge is 2.18. The molecule has 0 bridgehead atoms. The van der Waals surface area contributed by atoms with Gasteiger partial charge < -0.3 is 9.84 Å². The second-order valence-corrected chi connectivity index (χ2v) is 5.58. The number of aliphatic hydroxyl groups is 1. The molecule has 1 N–H and O–H groups in total. The summed E-state index contributed by atoms with van der Waals surface area (Å²) in [5, 5.41) is 10.00. The molecule has 1 aliphatic rings. The van der Waals surface area contributed by atoms with Crippen LogP contribution in [0.25, 0.3) is 0 Å². The Labute approximate surface area is 115 Å². The normalized spacial score (nSPS) is 21.2. The van der Waals surface area contributed by atoms with Gasteiger partial charge in [0.25, 0.3) is 0 Å². The predicted octanol–water partition coefficient (Wildman–Crippen LogP) is 3.97. The smallest absolute Gasteiger partial charge is 0.143 e. The summed E-state index contributed by atoms with van der Waals surface area (Å²) in [6, 6.07) is 5.01. The number of aliphatic hydroxyl groups excluding tert-OH is 1. The Morgan fingerprint density at radius 3 is 3.06 bits per heavy atom. The van der Waals surface area contributed by atoms with Crippen LogP contribution in [0.3, 0.4) is 0 Å². The average molecular weight is 317 g/mol. The Balaban J connectivity index is 1.83. The summed E-state index contributed by atoms with van der Waals surface area (Å²) in [5.41, 5.74) is 0.372. The summed E-state index contributed by atoms with van der Waals surface area (Å²) < 4.78 is 19.7. The van der Waals surface area contributed by atoms with E-state index < -0.39 is 6.10 Å². The Bertz CT molecular complexity index is 391. The van der Waals surface area contributed by atoms with E-state index in [-0.39, 0.29) is 5.82 Å². The van der Waals surface area contributed by atoms with E-state index >= 15 is 0 Å². The number of hydrogen-bond donors (Lipinski definition) is 1. The first-order chi connectivity index (χ1) is 8.68. The van der Waals surface area contributed by atoms with Crippen LogP contribution in [-0.4, -0.2) is 17.8 Å². The first-order valence-electron chi connectivity index (χ1n) is 6.42. The molecule has 0 radical (unpaired) electrons.